The van der Waals surface area contributed by atoms with Gasteiger partial charge in [-0.3, -0.25) is 19.1 Å². The molecule has 5 rings (SSSR count). The number of aromatic hydroxyl groups is 1. The van der Waals surface area contributed by atoms with Gasteiger partial charge in [0, 0.05) is 26.5 Å². The second kappa shape index (κ2) is 21.7. The Labute approximate surface area is 374 Å². The summed E-state index contributed by atoms with van der Waals surface area (Å²) in [7, 11) is 4.66. The molecule has 3 heterocycles. The molecule has 3 aromatic heterocycles. The van der Waals surface area contributed by atoms with Gasteiger partial charge in [-0.05, 0) is 97.2 Å². The van der Waals surface area contributed by atoms with E-state index in [4.69, 9.17) is 4.74 Å². The Morgan fingerprint density at radius 1 is 0.839 bits per heavy atom. The van der Waals surface area contributed by atoms with E-state index in [2.05, 4.69) is 75.8 Å². The Balaban J connectivity index is 0.000000340. The molecule has 2 aromatic carbocycles. The minimum atomic E-state index is -0.750. The molecular formula is C45H57KN4O6. The van der Waals surface area contributed by atoms with Crippen LogP contribution < -0.4 is 67.0 Å². The number of ether oxygens (including phenoxy) is 1. The van der Waals surface area contributed by atoms with Crippen LogP contribution in [-0.2, 0) is 48.7 Å². The minimum absolute atomic E-state index is 0. The smallest absolute Gasteiger partial charge is 0.850 e. The van der Waals surface area contributed by atoms with Crippen molar-refractivity contribution in [3.8, 4) is 16.9 Å². The van der Waals surface area contributed by atoms with Gasteiger partial charge in [-0.2, -0.15) is 0 Å². The molecule has 0 bridgehead atoms. The molecule has 1 amide bonds. The number of hydrogen-bond acceptors (Lipinski definition) is 8. The predicted octanol–water partition coefficient (Wildman–Crippen LogP) is 4.40. The van der Waals surface area contributed by atoms with Crippen LogP contribution in [0.2, 0.25) is 0 Å². The standard InChI is InChI=1S/C21H26N2O3.C20H22N2O2.C4H9O.K/c1-6-15-11-14(3)12-16(7-2)18(15)13-19(24)23(4)20-17(21(25)26-5)9-8-10-22-20;1-5-13-10-12(3)11-14(6-2)16(13)17-18(23)15-8-7-9-21-19(15)22(4)20(17)24;1-4(2,3)5;/h8-12H,6-7,13H2,1-5H3;7-11,23H,5-6H2,1-4H3;1-3H3;/q;;-1;+1. The zero-order valence-corrected chi connectivity index (χ0v) is 38.7. The van der Waals surface area contributed by atoms with Gasteiger partial charge >= 0.3 is 57.4 Å². The number of carbonyl (C=O) groups excluding carboxylic acids is 2. The van der Waals surface area contributed by atoms with Crippen molar-refractivity contribution in [3.05, 3.63) is 116 Å². The van der Waals surface area contributed by atoms with Crippen LogP contribution in [0.3, 0.4) is 0 Å². The van der Waals surface area contributed by atoms with Gasteiger partial charge in [0.15, 0.2) is 0 Å². The SMILES string of the molecule is CC(C)(C)[O-].CCc1cc(C)cc(CC)c1-c1c(O)c2cccnc2n(C)c1=O.CCc1cc(C)cc(CC)c1CC(=O)N(C)c1ncccc1C(=O)OC.[K+]. The molecule has 0 spiro atoms. The van der Waals surface area contributed by atoms with Crippen molar-refractivity contribution in [2.75, 3.05) is 19.1 Å². The first-order valence-electron chi connectivity index (χ1n) is 18.8. The Hall–Kier alpha value is -3.71. The van der Waals surface area contributed by atoms with Crippen LogP contribution in [0, 0.1) is 13.8 Å². The number of likely N-dealkylation sites (N-methyl/N-ethyl adjacent to an activating group) is 1. The first-order chi connectivity index (χ1) is 25.9. The summed E-state index contributed by atoms with van der Waals surface area (Å²) in [6, 6.07) is 15.3. The third kappa shape index (κ3) is 12.1. The zero-order chi connectivity index (χ0) is 41.2. The summed E-state index contributed by atoms with van der Waals surface area (Å²) in [4.78, 5) is 47.8. The van der Waals surface area contributed by atoms with Gasteiger partial charge in [-0.25, -0.2) is 14.8 Å². The summed E-state index contributed by atoms with van der Waals surface area (Å²) in [5.74, 6) is -0.282. The van der Waals surface area contributed by atoms with Crippen LogP contribution in [0.1, 0.15) is 97.8 Å². The maximum Gasteiger partial charge on any atom is 1.00 e. The molecule has 0 radical (unpaired) electrons. The van der Waals surface area contributed by atoms with E-state index >= 15 is 0 Å². The van der Waals surface area contributed by atoms with Crippen molar-refractivity contribution in [3.63, 3.8) is 0 Å². The monoisotopic (exact) mass is 788 g/mol. The number of carbonyl (C=O) groups is 2. The normalized spacial score (nSPS) is 10.7. The van der Waals surface area contributed by atoms with Crippen molar-refractivity contribution in [2.24, 2.45) is 7.05 Å². The maximum absolute atomic E-state index is 13.0. The molecule has 5 aromatic rings. The van der Waals surface area contributed by atoms with E-state index in [0.29, 0.717) is 22.4 Å². The molecule has 11 heteroatoms. The topological polar surface area (TPSA) is 138 Å². The average Bonchev–Trinajstić information content (AvgIpc) is 3.16. The Bertz CT molecular complexity index is 2150. The molecule has 0 aliphatic carbocycles. The molecule has 0 saturated heterocycles. The number of nitrogens with zero attached hydrogens (tertiary/aromatic N) is 4. The maximum atomic E-state index is 13.0. The number of pyridine rings is 3. The molecule has 0 atom stereocenters. The van der Waals surface area contributed by atoms with Gasteiger partial charge in [0.1, 0.15) is 22.8 Å². The molecule has 0 saturated carbocycles. The van der Waals surface area contributed by atoms with E-state index in [1.165, 1.54) is 38.8 Å². The summed E-state index contributed by atoms with van der Waals surface area (Å²) in [5.41, 5.74) is 9.07. The van der Waals surface area contributed by atoms with Crippen LogP contribution in [0.25, 0.3) is 22.2 Å². The fourth-order valence-corrected chi connectivity index (χ4v) is 6.55. The molecule has 0 aliphatic rings. The van der Waals surface area contributed by atoms with Gasteiger partial charge in [-0.15, -0.1) is 5.60 Å². The molecule has 56 heavy (non-hydrogen) atoms. The van der Waals surface area contributed by atoms with Crippen LogP contribution >= 0.6 is 0 Å². The first-order valence-corrected chi connectivity index (χ1v) is 18.8. The van der Waals surface area contributed by atoms with Crippen LogP contribution in [0.4, 0.5) is 5.82 Å². The molecule has 1 N–H and O–H groups in total. The third-order valence-electron chi connectivity index (χ3n) is 9.13. The molecule has 0 fully saturated rings. The van der Waals surface area contributed by atoms with E-state index in [9.17, 15) is 24.6 Å². The number of rotatable bonds is 9. The van der Waals surface area contributed by atoms with Gasteiger partial charge in [0.2, 0.25) is 5.91 Å². The minimum Gasteiger partial charge on any atom is -0.850 e. The molecule has 10 nitrogen and oxygen atoms in total. The molecule has 0 aliphatic heterocycles. The first kappa shape index (κ1) is 48.4. The van der Waals surface area contributed by atoms with Gasteiger partial charge in [0.05, 0.1) is 24.5 Å². The molecular weight excluding hydrogens is 732 g/mol. The zero-order valence-electron chi connectivity index (χ0n) is 35.6. The average molecular weight is 789 g/mol. The summed E-state index contributed by atoms with van der Waals surface area (Å²) < 4.78 is 6.31. The Morgan fingerprint density at radius 3 is 1.79 bits per heavy atom. The summed E-state index contributed by atoms with van der Waals surface area (Å²) in [6.07, 6.45) is 6.82. The van der Waals surface area contributed by atoms with E-state index in [-0.39, 0.29) is 80.6 Å². The van der Waals surface area contributed by atoms with Gasteiger partial charge in [-0.1, -0.05) is 83.9 Å². The van der Waals surface area contributed by atoms with Crippen molar-refractivity contribution >= 4 is 28.7 Å². The second-order valence-electron chi connectivity index (χ2n) is 14.5. The number of esters is 1. The number of hydrogen-bond donors (Lipinski definition) is 1. The number of anilines is 1. The van der Waals surface area contributed by atoms with Gasteiger partial charge in [0.25, 0.3) is 5.56 Å². The van der Waals surface area contributed by atoms with E-state index < -0.39 is 11.6 Å². The quantitative estimate of drug-likeness (QED) is 0.172. The fourth-order valence-electron chi connectivity index (χ4n) is 6.55. The van der Waals surface area contributed by atoms with E-state index in [0.717, 1.165) is 47.9 Å². The van der Waals surface area contributed by atoms with Crippen molar-refractivity contribution in [2.45, 2.75) is 100 Å². The van der Waals surface area contributed by atoms with Crippen molar-refractivity contribution in [1.82, 2.24) is 14.5 Å². The van der Waals surface area contributed by atoms with Gasteiger partial charge < -0.3 is 14.9 Å². The van der Waals surface area contributed by atoms with Crippen LogP contribution in [0.5, 0.6) is 5.75 Å². The second-order valence-corrected chi connectivity index (χ2v) is 14.5. The Kier molecular flexibility index (Phi) is 18.8. The molecule has 0 unspecified atom stereocenters. The summed E-state index contributed by atoms with van der Waals surface area (Å²) in [6.45, 7) is 17.4. The number of aryl methyl sites for hydroxylation is 7. The summed E-state index contributed by atoms with van der Waals surface area (Å²) in [5, 5.41) is 21.6. The number of fused-ring (bicyclic) bond motifs is 1. The largest absolute Gasteiger partial charge is 1.00 e. The van der Waals surface area contributed by atoms with Crippen LogP contribution in [0.15, 0.2) is 65.7 Å². The van der Waals surface area contributed by atoms with Crippen molar-refractivity contribution < 1.29 is 75.9 Å². The number of aromatic nitrogens is 3. The number of amides is 1. The predicted molar refractivity (Wildman–Crippen MR) is 220 cm³/mol. The van der Waals surface area contributed by atoms with E-state index in [1.807, 2.05) is 0 Å². The third-order valence-corrected chi connectivity index (χ3v) is 9.13. The number of methoxy groups -OCH3 is 1. The van der Waals surface area contributed by atoms with Crippen LogP contribution in [-0.4, -0.2) is 51.3 Å². The molecule has 294 valence electrons. The summed E-state index contributed by atoms with van der Waals surface area (Å²) >= 11 is 0. The van der Waals surface area contributed by atoms with E-state index in [1.54, 1.807) is 71.5 Å². The Morgan fingerprint density at radius 2 is 1.30 bits per heavy atom. The number of benzene rings is 2. The fraction of sp³-hybridized carbons (Fsp3) is 0.400. The van der Waals surface area contributed by atoms with Crippen molar-refractivity contribution in [1.29, 1.82) is 0 Å².